The number of anilines is 1. The summed E-state index contributed by atoms with van der Waals surface area (Å²) in [5, 5.41) is 12.1. The number of rotatable bonds is 3. The van der Waals surface area contributed by atoms with Crippen molar-refractivity contribution < 1.29 is 13.9 Å². The molecule has 0 radical (unpaired) electrons. The molecule has 1 heterocycles. The predicted molar refractivity (Wildman–Crippen MR) is 63.8 cm³/mol. The lowest BCUT2D eigenvalue weighted by molar-refractivity contribution is -0.0361. The molecule has 0 aromatic carbocycles. The quantitative estimate of drug-likeness (QED) is 0.834. The van der Waals surface area contributed by atoms with Gasteiger partial charge in [-0.05, 0) is 24.4 Å². The Bertz CT molecular complexity index is 421. The molecule has 1 aliphatic carbocycles. The molecule has 1 aromatic rings. The van der Waals surface area contributed by atoms with E-state index in [1.165, 1.54) is 0 Å². The Morgan fingerprint density at radius 2 is 2.06 bits per heavy atom. The zero-order chi connectivity index (χ0) is 13.2. The van der Waals surface area contributed by atoms with E-state index in [1.54, 1.807) is 6.07 Å². The Morgan fingerprint density at radius 1 is 1.39 bits per heavy atom. The molecule has 0 bridgehead atoms. The maximum atomic E-state index is 13.0. The van der Waals surface area contributed by atoms with Gasteiger partial charge in [0.05, 0.1) is 12.3 Å². The zero-order valence-corrected chi connectivity index (χ0v) is 10.4. The van der Waals surface area contributed by atoms with Crippen molar-refractivity contribution in [3.63, 3.8) is 0 Å². The van der Waals surface area contributed by atoms with E-state index in [0.717, 1.165) is 0 Å². The van der Waals surface area contributed by atoms with E-state index in [4.69, 9.17) is 16.7 Å². The van der Waals surface area contributed by atoms with Crippen molar-refractivity contribution >= 4 is 17.4 Å². The van der Waals surface area contributed by atoms with E-state index in [0.29, 0.717) is 24.4 Å². The van der Waals surface area contributed by atoms with Crippen LogP contribution in [0.25, 0.3) is 0 Å². The van der Waals surface area contributed by atoms with Crippen molar-refractivity contribution in [1.82, 2.24) is 9.97 Å². The van der Waals surface area contributed by atoms with Gasteiger partial charge in [-0.2, -0.15) is 0 Å². The van der Waals surface area contributed by atoms with E-state index in [-0.39, 0.29) is 30.8 Å². The monoisotopic (exact) mass is 277 g/mol. The van der Waals surface area contributed by atoms with Crippen LogP contribution in [-0.4, -0.2) is 27.0 Å². The minimum absolute atomic E-state index is 0.0326. The first kappa shape index (κ1) is 13.4. The van der Waals surface area contributed by atoms with Crippen LogP contribution in [0, 0.1) is 0 Å². The Morgan fingerprint density at radius 3 is 2.67 bits per heavy atom. The maximum absolute atomic E-state index is 13.0. The van der Waals surface area contributed by atoms with Crippen LogP contribution < -0.4 is 5.32 Å². The van der Waals surface area contributed by atoms with Crippen molar-refractivity contribution in [3.8, 4) is 0 Å². The minimum Gasteiger partial charge on any atom is -0.390 e. The lowest BCUT2D eigenvalue weighted by Gasteiger charge is -2.29. The zero-order valence-electron chi connectivity index (χ0n) is 9.67. The second kappa shape index (κ2) is 5.32. The number of halogens is 3. The molecule has 2 N–H and O–H groups in total. The molecule has 100 valence electrons. The van der Waals surface area contributed by atoms with Crippen LogP contribution in [0.15, 0.2) is 6.07 Å². The average molecular weight is 278 g/mol. The number of aliphatic hydroxyl groups excluding tert-OH is 1. The number of aromatic nitrogens is 2. The second-order valence-electron chi connectivity index (χ2n) is 4.45. The molecule has 1 fully saturated rings. The smallest absolute Gasteiger partial charge is 0.248 e. The van der Waals surface area contributed by atoms with Gasteiger partial charge in [0, 0.05) is 24.9 Å². The molecule has 1 aromatic heterocycles. The highest BCUT2D eigenvalue weighted by atomic mass is 35.5. The Balaban J connectivity index is 2.00. The molecule has 0 saturated heterocycles. The van der Waals surface area contributed by atoms with Gasteiger partial charge in [0.25, 0.3) is 0 Å². The standard InChI is InChI=1S/C11H14ClF2N3O/c12-10-16-8(6-18)5-9(17-10)15-7-1-3-11(13,14)4-2-7/h5,7,18H,1-4,6H2,(H,15,16,17). The Hall–Kier alpha value is -1.01. The Labute approximate surface area is 108 Å². The molecule has 0 amide bonds. The number of hydrogen-bond donors (Lipinski definition) is 2. The van der Waals surface area contributed by atoms with Crippen LogP contribution in [-0.2, 0) is 6.61 Å². The fraction of sp³-hybridized carbons (Fsp3) is 0.636. The molecule has 0 unspecified atom stereocenters. The van der Waals surface area contributed by atoms with Crippen molar-refractivity contribution in [1.29, 1.82) is 0 Å². The summed E-state index contributed by atoms with van der Waals surface area (Å²) in [6, 6.07) is 1.53. The maximum Gasteiger partial charge on any atom is 0.248 e. The van der Waals surface area contributed by atoms with E-state index in [1.807, 2.05) is 0 Å². The van der Waals surface area contributed by atoms with Gasteiger partial charge in [-0.3, -0.25) is 0 Å². The van der Waals surface area contributed by atoms with Gasteiger partial charge >= 0.3 is 0 Å². The summed E-state index contributed by atoms with van der Waals surface area (Å²) >= 11 is 5.70. The minimum atomic E-state index is -2.54. The predicted octanol–water partition coefficient (Wildman–Crippen LogP) is 2.61. The third kappa shape index (κ3) is 3.49. The second-order valence-corrected chi connectivity index (χ2v) is 4.78. The normalized spacial score (nSPS) is 19.8. The number of nitrogens with one attached hydrogen (secondary N) is 1. The topological polar surface area (TPSA) is 58.0 Å². The molecule has 0 aliphatic heterocycles. The van der Waals surface area contributed by atoms with E-state index in [9.17, 15) is 8.78 Å². The molecule has 18 heavy (non-hydrogen) atoms. The lowest BCUT2D eigenvalue weighted by atomic mass is 9.92. The first-order chi connectivity index (χ1) is 8.48. The summed E-state index contributed by atoms with van der Waals surface area (Å²) in [6.45, 7) is -0.236. The van der Waals surface area contributed by atoms with Crippen LogP contribution in [0.4, 0.5) is 14.6 Å². The molecule has 4 nitrogen and oxygen atoms in total. The fourth-order valence-electron chi connectivity index (χ4n) is 2.01. The highest BCUT2D eigenvalue weighted by Crippen LogP contribution is 2.34. The van der Waals surface area contributed by atoms with Crippen molar-refractivity contribution in [2.24, 2.45) is 0 Å². The molecular weight excluding hydrogens is 264 g/mol. The van der Waals surface area contributed by atoms with Gasteiger partial charge in [0.15, 0.2) is 0 Å². The third-order valence-electron chi connectivity index (χ3n) is 2.98. The fourth-order valence-corrected chi connectivity index (χ4v) is 2.21. The number of alkyl halides is 2. The van der Waals surface area contributed by atoms with Crippen LogP contribution >= 0.6 is 11.6 Å². The third-order valence-corrected chi connectivity index (χ3v) is 3.15. The van der Waals surface area contributed by atoms with Crippen LogP contribution in [0.3, 0.4) is 0 Å². The largest absolute Gasteiger partial charge is 0.390 e. The summed E-state index contributed by atoms with van der Waals surface area (Å²) < 4.78 is 26.0. The number of aliphatic hydroxyl groups is 1. The molecule has 1 aliphatic rings. The van der Waals surface area contributed by atoms with E-state index < -0.39 is 5.92 Å². The van der Waals surface area contributed by atoms with Gasteiger partial charge in [-0.15, -0.1) is 0 Å². The highest BCUT2D eigenvalue weighted by molar-refractivity contribution is 6.28. The van der Waals surface area contributed by atoms with Crippen molar-refractivity contribution in [2.45, 2.75) is 44.3 Å². The van der Waals surface area contributed by atoms with Gasteiger partial charge < -0.3 is 10.4 Å². The summed E-state index contributed by atoms with van der Waals surface area (Å²) in [5.41, 5.74) is 0.402. The molecule has 7 heteroatoms. The first-order valence-corrected chi connectivity index (χ1v) is 6.15. The van der Waals surface area contributed by atoms with Crippen LogP contribution in [0.1, 0.15) is 31.4 Å². The molecule has 0 spiro atoms. The summed E-state index contributed by atoms with van der Waals surface area (Å²) in [5.74, 6) is -2.08. The Kier molecular flexibility index (Phi) is 3.97. The summed E-state index contributed by atoms with van der Waals surface area (Å²) in [4.78, 5) is 7.77. The highest BCUT2D eigenvalue weighted by Gasteiger charge is 2.34. The van der Waals surface area contributed by atoms with Gasteiger partial charge in [0.1, 0.15) is 5.82 Å². The van der Waals surface area contributed by atoms with E-state index in [2.05, 4.69) is 15.3 Å². The van der Waals surface area contributed by atoms with Crippen molar-refractivity contribution in [2.75, 3.05) is 5.32 Å². The number of nitrogens with zero attached hydrogens (tertiary/aromatic N) is 2. The average Bonchev–Trinajstić information content (AvgIpc) is 2.31. The molecular formula is C11H14ClF2N3O. The number of hydrogen-bond acceptors (Lipinski definition) is 4. The van der Waals surface area contributed by atoms with E-state index >= 15 is 0 Å². The lowest BCUT2D eigenvalue weighted by Crippen LogP contribution is -2.32. The molecule has 0 atom stereocenters. The van der Waals surface area contributed by atoms with Crippen LogP contribution in [0.5, 0.6) is 0 Å². The summed E-state index contributed by atoms with van der Waals surface area (Å²) in [7, 11) is 0. The summed E-state index contributed by atoms with van der Waals surface area (Å²) in [6.07, 6.45) is 0.554. The van der Waals surface area contributed by atoms with Gasteiger partial charge in [-0.1, -0.05) is 0 Å². The van der Waals surface area contributed by atoms with Crippen LogP contribution in [0.2, 0.25) is 5.28 Å². The molecule has 2 rings (SSSR count). The molecule has 1 saturated carbocycles. The van der Waals surface area contributed by atoms with Gasteiger partial charge in [0.2, 0.25) is 11.2 Å². The first-order valence-electron chi connectivity index (χ1n) is 5.77. The van der Waals surface area contributed by atoms with Crippen molar-refractivity contribution in [3.05, 3.63) is 17.0 Å². The SMILES string of the molecule is OCc1cc(NC2CCC(F)(F)CC2)nc(Cl)n1. The van der Waals surface area contributed by atoms with Gasteiger partial charge in [-0.25, -0.2) is 18.7 Å².